The van der Waals surface area contributed by atoms with Gasteiger partial charge in [0.1, 0.15) is 11.6 Å². The number of nitrogens with one attached hydrogen (secondary N) is 1. The number of carbonyl (C=O) groups is 2. The monoisotopic (exact) mass is 366 g/mol. The predicted molar refractivity (Wildman–Crippen MR) is 98.7 cm³/mol. The molecule has 0 amide bonds. The minimum absolute atomic E-state index is 0.176. The Hall–Kier alpha value is -3.48. The molecule has 0 fully saturated rings. The van der Waals surface area contributed by atoms with Crippen LogP contribution in [0, 0.1) is 0 Å². The first-order chi connectivity index (χ1) is 13.1. The zero-order chi connectivity index (χ0) is 19.2. The topological polar surface area (TPSA) is 98.3 Å². The van der Waals surface area contributed by atoms with Gasteiger partial charge in [-0.2, -0.15) is 0 Å². The fourth-order valence-corrected chi connectivity index (χ4v) is 2.61. The van der Waals surface area contributed by atoms with E-state index >= 15 is 0 Å². The number of aryl methyl sites for hydroxylation is 1. The number of fused-ring (bicyclic) bond motifs is 1. The third kappa shape index (κ3) is 4.58. The van der Waals surface area contributed by atoms with Crippen molar-refractivity contribution in [2.75, 3.05) is 7.11 Å². The molecule has 7 nitrogen and oxygen atoms in total. The molecule has 0 unspecified atom stereocenters. The molecule has 3 aromatic rings. The number of ether oxygens (including phenoxy) is 2. The Kier molecular flexibility index (Phi) is 5.61. The summed E-state index contributed by atoms with van der Waals surface area (Å²) >= 11 is 0. The third-order valence-electron chi connectivity index (χ3n) is 3.96. The highest BCUT2D eigenvalue weighted by Crippen LogP contribution is 2.14. The second-order valence-corrected chi connectivity index (χ2v) is 5.87. The summed E-state index contributed by atoms with van der Waals surface area (Å²) in [5, 5.41) is 0.538. The van der Waals surface area contributed by atoms with Crippen LogP contribution in [0.4, 0.5) is 0 Å². The van der Waals surface area contributed by atoms with Crippen molar-refractivity contribution in [3.63, 3.8) is 0 Å². The van der Waals surface area contributed by atoms with Crippen molar-refractivity contribution < 1.29 is 19.1 Å². The standard InChI is InChI=1S/C20H18N2O5/c1-26-20(25)13-9-11-14(12-10-13)27-18(23)8-4-7-17-21-16-6-3-2-5-15(16)19(24)22-17/h2-3,5-6,9-12H,4,7-8H2,1H3,(H,21,22,24). The first-order valence-corrected chi connectivity index (χ1v) is 8.44. The normalized spacial score (nSPS) is 10.6. The van der Waals surface area contributed by atoms with Gasteiger partial charge in [0, 0.05) is 12.8 Å². The number of hydrogen-bond donors (Lipinski definition) is 1. The number of H-pyrrole nitrogens is 1. The zero-order valence-corrected chi connectivity index (χ0v) is 14.7. The maximum atomic E-state index is 12.0. The van der Waals surface area contributed by atoms with Crippen LogP contribution < -0.4 is 10.3 Å². The van der Waals surface area contributed by atoms with Crippen LogP contribution in [0.1, 0.15) is 29.0 Å². The Morgan fingerprint density at radius 2 is 1.81 bits per heavy atom. The van der Waals surface area contributed by atoms with Crippen molar-refractivity contribution in [1.82, 2.24) is 9.97 Å². The summed E-state index contributed by atoms with van der Waals surface area (Å²) in [7, 11) is 1.30. The molecule has 7 heteroatoms. The van der Waals surface area contributed by atoms with E-state index in [9.17, 15) is 14.4 Å². The molecule has 0 bridgehead atoms. The van der Waals surface area contributed by atoms with Crippen molar-refractivity contribution in [2.24, 2.45) is 0 Å². The first-order valence-electron chi connectivity index (χ1n) is 8.44. The number of esters is 2. The summed E-state index contributed by atoms with van der Waals surface area (Å²) in [6.45, 7) is 0. The van der Waals surface area contributed by atoms with E-state index in [1.54, 1.807) is 18.2 Å². The highest BCUT2D eigenvalue weighted by molar-refractivity contribution is 5.89. The number of hydrogen-bond acceptors (Lipinski definition) is 6. The van der Waals surface area contributed by atoms with Crippen LogP contribution in [0.2, 0.25) is 0 Å². The molecule has 0 saturated carbocycles. The van der Waals surface area contributed by atoms with Gasteiger partial charge in [0.2, 0.25) is 0 Å². The van der Waals surface area contributed by atoms with Crippen LogP contribution in [0.15, 0.2) is 53.3 Å². The quantitative estimate of drug-likeness (QED) is 0.532. The minimum atomic E-state index is -0.454. The lowest BCUT2D eigenvalue weighted by Gasteiger charge is -2.06. The van der Waals surface area contributed by atoms with Gasteiger partial charge in [0.25, 0.3) is 5.56 Å². The van der Waals surface area contributed by atoms with Crippen molar-refractivity contribution in [3.8, 4) is 5.75 Å². The van der Waals surface area contributed by atoms with Crippen LogP contribution in [0.25, 0.3) is 10.9 Å². The molecule has 27 heavy (non-hydrogen) atoms. The summed E-state index contributed by atoms with van der Waals surface area (Å²) in [6, 6.07) is 13.2. The molecule has 1 N–H and O–H groups in total. The van der Waals surface area contributed by atoms with E-state index in [2.05, 4.69) is 14.7 Å². The maximum absolute atomic E-state index is 12.0. The lowest BCUT2D eigenvalue weighted by Crippen LogP contribution is -2.13. The van der Waals surface area contributed by atoms with E-state index < -0.39 is 11.9 Å². The molecule has 2 aromatic carbocycles. The molecule has 1 heterocycles. The first kappa shape index (κ1) is 18.3. The number of aromatic amines is 1. The molecule has 0 radical (unpaired) electrons. The number of nitrogens with zero attached hydrogens (tertiary/aromatic N) is 1. The Labute approximate surface area is 155 Å². The van der Waals surface area contributed by atoms with Gasteiger partial charge in [0.05, 0.1) is 23.6 Å². The number of rotatable bonds is 6. The Balaban J connectivity index is 1.54. The number of para-hydroxylation sites is 1. The fraction of sp³-hybridized carbons (Fsp3) is 0.200. The largest absolute Gasteiger partial charge is 0.465 e. The molecule has 138 valence electrons. The van der Waals surface area contributed by atoms with Gasteiger partial charge < -0.3 is 14.5 Å². The van der Waals surface area contributed by atoms with Gasteiger partial charge in [0.15, 0.2) is 0 Å². The van der Waals surface area contributed by atoms with Crippen LogP contribution in [0.3, 0.4) is 0 Å². The van der Waals surface area contributed by atoms with Gasteiger partial charge in [-0.15, -0.1) is 0 Å². The third-order valence-corrected chi connectivity index (χ3v) is 3.96. The van der Waals surface area contributed by atoms with E-state index in [-0.39, 0.29) is 12.0 Å². The van der Waals surface area contributed by atoms with Crippen LogP contribution in [-0.2, 0) is 16.0 Å². The lowest BCUT2D eigenvalue weighted by molar-refractivity contribution is -0.134. The van der Waals surface area contributed by atoms with Gasteiger partial charge in [-0.05, 0) is 42.8 Å². The smallest absolute Gasteiger partial charge is 0.337 e. The van der Waals surface area contributed by atoms with Gasteiger partial charge in [-0.1, -0.05) is 12.1 Å². The van der Waals surface area contributed by atoms with Crippen LogP contribution >= 0.6 is 0 Å². The summed E-state index contributed by atoms with van der Waals surface area (Å²) in [4.78, 5) is 42.5. The average Bonchev–Trinajstić information content (AvgIpc) is 2.68. The number of carbonyl (C=O) groups excluding carboxylic acids is 2. The highest BCUT2D eigenvalue weighted by atomic mass is 16.5. The number of methoxy groups -OCH3 is 1. The van der Waals surface area contributed by atoms with Crippen molar-refractivity contribution in [1.29, 1.82) is 0 Å². The molecule has 0 aliphatic carbocycles. The van der Waals surface area contributed by atoms with Gasteiger partial charge in [-0.3, -0.25) is 9.59 Å². The fourth-order valence-electron chi connectivity index (χ4n) is 2.61. The summed E-state index contributed by atoms with van der Waals surface area (Å²) in [6.07, 6.45) is 1.12. The molecule has 0 atom stereocenters. The van der Waals surface area contributed by atoms with Crippen molar-refractivity contribution in [3.05, 3.63) is 70.3 Å². The summed E-state index contributed by atoms with van der Waals surface area (Å²) < 4.78 is 9.84. The van der Waals surface area contributed by atoms with Crippen molar-refractivity contribution >= 4 is 22.8 Å². The van der Waals surface area contributed by atoms with Gasteiger partial charge in [-0.25, -0.2) is 9.78 Å². The van der Waals surface area contributed by atoms with E-state index in [0.717, 1.165) is 0 Å². The molecular formula is C20H18N2O5. The predicted octanol–water partition coefficient (Wildman–Crippen LogP) is 2.64. The molecule has 0 aliphatic rings. The van der Waals surface area contributed by atoms with E-state index in [1.807, 2.05) is 6.07 Å². The average molecular weight is 366 g/mol. The number of aromatic nitrogens is 2. The molecule has 0 aliphatic heterocycles. The SMILES string of the molecule is COC(=O)c1ccc(OC(=O)CCCc2nc3ccccc3c(=O)[nH]2)cc1. The summed E-state index contributed by atoms with van der Waals surface area (Å²) in [5.41, 5.74) is 0.817. The molecule has 1 aromatic heterocycles. The molecule has 0 saturated heterocycles. The Bertz CT molecular complexity index is 1020. The number of benzene rings is 2. The molecule has 3 rings (SSSR count). The second-order valence-electron chi connectivity index (χ2n) is 5.87. The van der Waals surface area contributed by atoms with Crippen molar-refractivity contribution in [2.45, 2.75) is 19.3 Å². The minimum Gasteiger partial charge on any atom is -0.465 e. The van der Waals surface area contributed by atoms with Gasteiger partial charge >= 0.3 is 11.9 Å². The van der Waals surface area contributed by atoms with Crippen LogP contribution in [0.5, 0.6) is 5.75 Å². The van der Waals surface area contributed by atoms with Crippen LogP contribution in [-0.4, -0.2) is 29.0 Å². The van der Waals surface area contributed by atoms with E-state index in [4.69, 9.17) is 4.74 Å². The van der Waals surface area contributed by atoms with E-state index in [0.29, 0.717) is 40.9 Å². The molecule has 0 spiro atoms. The Morgan fingerprint density at radius 3 is 2.56 bits per heavy atom. The molecular weight excluding hydrogens is 348 g/mol. The zero-order valence-electron chi connectivity index (χ0n) is 14.7. The highest BCUT2D eigenvalue weighted by Gasteiger charge is 2.09. The maximum Gasteiger partial charge on any atom is 0.337 e. The lowest BCUT2D eigenvalue weighted by atomic mass is 10.2. The Morgan fingerprint density at radius 1 is 1.07 bits per heavy atom. The second kappa shape index (κ2) is 8.27. The summed E-state index contributed by atoms with van der Waals surface area (Å²) in [5.74, 6) is 0.0347. The van der Waals surface area contributed by atoms with E-state index in [1.165, 1.54) is 31.4 Å².